The Morgan fingerprint density at radius 1 is 1.35 bits per heavy atom. The van der Waals surface area contributed by atoms with Crippen molar-refractivity contribution in [2.45, 2.75) is 31.9 Å². The highest BCUT2D eigenvalue weighted by atomic mass is 19.4. The molecule has 5 nitrogen and oxygen atoms in total. The van der Waals surface area contributed by atoms with Crippen LogP contribution < -0.4 is 11.1 Å². The van der Waals surface area contributed by atoms with Gasteiger partial charge in [0, 0.05) is 32.6 Å². The Labute approximate surface area is 115 Å². The minimum atomic E-state index is -4.33. The predicted molar refractivity (Wildman–Crippen MR) is 66.7 cm³/mol. The van der Waals surface area contributed by atoms with Crippen LogP contribution in [0.15, 0.2) is 0 Å². The Hall–Kier alpha value is -1.31. The van der Waals surface area contributed by atoms with Crippen molar-refractivity contribution < 1.29 is 22.8 Å². The molecule has 0 saturated carbocycles. The molecule has 1 rings (SSSR count). The molecule has 0 aromatic rings. The minimum Gasteiger partial charge on any atom is -0.355 e. The zero-order valence-corrected chi connectivity index (χ0v) is 11.2. The van der Waals surface area contributed by atoms with E-state index in [-0.39, 0.29) is 18.4 Å². The third-order valence-electron chi connectivity index (χ3n) is 3.21. The van der Waals surface area contributed by atoms with Crippen LogP contribution in [0.1, 0.15) is 25.7 Å². The average molecular weight is 295 g/mol. The highest BCUT2D eigenvalue weighted by molar-refractivity contribution is 5.81. The van der Waals surface area contributed by atoms with Gasteiger partial charge in [0.1, 0.15) is 0 Å². The van der Waals surface area contributed by atoms with Crippen molar-refractivity contribution in [2.24, 2.45) is 11.7 Å². The van der Waals surface area contributed by atoms with Gasteiger partial charge in [-0.3, -0.25) is 9.59 Å². The molecule has 1 fully saturated rings. The molecule has 2 amide bonds. The summed E-state index contributed by atoms with van der Waals surface area (Å²) in [6.45, 7) is 1.29. The summed E-state index contributed by atoms with van der Waals surface area (Å²) in [5.74, 6) is -1.09. The SMILES string of the molecule is NCCNC(=O)C1CCCN(C(=O)CCC(F)(F)F)C1. The van der Waals surface area contributed by atoms with Crippen LogP contribution in [0.25, 0.3) is 0 Å². The number of hydrogen-bond acceptors (Lipinski definition) is 3. The van der Waals surface area contributed by atoms with Gasteiger partial charge in [0.25, 0.3) is 0 Å². The predicted octanol–water partition coefficient (Wildman–Crippen LogP) is 0.642. The fourth-order valence-corrected chi connectivity index (χ4v) is 2.16. The van der Waals surface area contributed by atoms with Crippen molar-refractivity contribution in [1.29, 1.82) is 0 Å². The second-order valence-electron chi connectivity index (χ2n) is 4.87. The fraction of sp³-hybridized carbons (Fsp3) is 0.833. The normalized spacial score (nSPS) is 19.8. The second kappa shape index (κ2) is 7.47. The molecule has 1 heterocycles. The molecule has 8 heteroatoms. The number of piperidine rings is 1. The average Bonchev–Trinajstić information content (AvgIpc) is 2.41. The van der Waals surface area contributed by atoms with Crippen molar-refractivity contribution in [2.75, 3.05) is 26.2 Å². The molecular formula is C12H20F3N3O2. The molecular weight excluding hydrogens is 275 g/mol. The van der Waals surface area contributed by atoms with Crippen LogP contribution in [0, 0.1) is 5.92 Å². The van der Waals surface area contributed by atoms with Gasteiger partial charge in [0.2, 0.25) is 11.8 Å². The van der Waals surface area contributed by atoms with Crippen molar-refractivity contribution in [3.05, 3.63) is 0 Å². The number of carbonyl (C=O) groups excluding carboxylic acids is 2. The number of nitrogens with two attached hydrogens (primary N) is 1. The molecule has 0 aromatic heterocycles. The summed E-state index contributed by atoms with van der Waals surface area (Å²) >= 11 is 0. The van der Waals surface area contributed by atoms with Gasteiger partial charge in [-0.05, 0) is 12.8 Å². The van der Waals surface area contributed by atoms with Crippen molar-refractivity contribution in [1.82, 2.24) is 10.2 Å². The van der Waals surface area contributed by atoms with Crippen LogP contribution in [0.3, 0.4) is 0 Å². The van der Waals surface area contributed by atoms with E-state index >= 15 is 0 Å². The molecule has 1 aliphatic rings. The molecule has 0 aliphatic carbocycles. The van der Waals surface area contributed by atoms with E-state index in [4.69, 9.17) is 5.73 Å². The lowest BCUT2D eigenvalue weighted by molar-refractivity contribution is -0.150. The molecule has 1 atom stereocenters. The molecule has 20 heavy (non-hydrogen) atoms. The first-order valence-corrected chi connectivity index (χ1v) is 6.66. The molecule has 1 saturated heterocycles. The summed E-state index contributed by atoms with van der Waals surface area (Å²) in [5, 5.41) is 2.64. The summed E-state index contributed by atoms with van der Waals surface area (Å²) in [4.78, 5) is 24.8. The summed E-state index contributed by atoms with van der Waals surface area (Å²) < 4.78 is 36.2. The molecule has 1 unspecified atom stereocenters. The van der Waals surface area contributed by atoms with Crippen LogP contribution in [-0.2, 0) is 9.59 Å². The van der Waals surface area contributed by atoms with E-state index in [9.17, 15) is 22.8 Å². The summed E-state index contributed by atoms with van der Waals surface area (Å²) in [6, 6.07) is 0. The number of amides is 2. The van der Waals surface area contributed by atoms with Gasteiger partial charge in [-0.1, -0.05) is 0 Å². The zero-order valence-electron chi connectivity index (χ0n) is 11.2. The molecule has 0 radical (unpaired) electrons. The summed E-state index contributed by atoms with van der Waals surface area (Å²) in [7, 11) is 0. The van der Waals surface area contributed by atoms with Gasteiger partial charge in [-0.2, -0.15) is 13.2 Å². The van der Waals surface area contributed by atoms with E-state index in [0.717, 1.165) is 0 Å². The van der Waals surface area contributed by atoms with Crippen LogP contribution in [0.2, 0.25) is 0 Å². The van der Waals surface area contributed by atoms with Crippen LogP contribution in [-0.4, -0.2) is 49.1 Å². The smallest absolute Gasteiger partial charge is 0.355 e. The monoisotopic (exact) mass is 295 g/mol. The van der Waals surface area contributed by atoms with Crippen LogP contribution in [0.5, 0.6) is 0 Å². The zero-order chi connectivity index (χ0) is 15.2. The molecule has 3 N–H and O–H groups in total. The highest BCUT2D eigenvalue weighted by Gasteiger charge is 2.32. The maximum Gasteiger partial charge on any atom is 0.389 e. The maximum absolute atomic E-state index is 12.1. The van der Waals surface area contributed by atoms with Crippen molar-refractivity contribution >= 4 is 11.8 Å². The van der Waals surface area contributed by atoms with E-state index < -0.39 is 24.9 Å². The Morgan fingerprint density at radius 2 is 2.05 bits per heavy atom. The molecule has 1 aliphatic heterocycles. The van der Waals surface area contributed by atoms with Crippen LogP contribution in [0.4, 0.5) is 13.2 Å². The quantitative estimate of drug-likeness (QED) is 0.781. The Bertz CT molecular complexity index is 347. The third kappa shape index (κ3) is 5.77. The number of nitrogens with one attached hydrogen (secondary N) is 1. The Balaban J connectivity index is 2.43. The van der Waals surface area contributed by atoms with E-state index in [1.54, 1.807) is 0 Å². The van der Waals surface area contributed by atoms with Crippen molar-refractivity contribution in [3.63, 3.8) is 0 Å². The largest absolute Gasteiger partial charge is 0.389 e. The van der Waals surface area contributed by atoms with Crippen LogP contribution >= 0.6 is 0 Å². The minimum absolute atomic E-state index is 0.188. The Kier molecular flexibility index (Phi) is 6.25. The first kappa shape index (κ1) is 16.7. The number of halogens is 3. The summed E-state index contributed by atoms with van der Waals surface area (Å²) in [5.41, 5.74) is 5.28. The number of carbonyl (C=O) groups is 2. The summed E-state index contributed by atoms with van der Waals surface area (Å²) in [6.07, 6.45) is -4.74. The fourth-order valence-electron chi connectivity index (χ4n) is 2.16. The van der Waals surface area contributed by atoms with E-state index in [2.05, 4.69) is 5.32 Å². The van der Waals surface area contributed by atoms with Gasteiger partial charge in [-0.25, -0.2) is 0 Å². The number of rotatable bonds is 5. The van der Waals surface area contributed by atoms with E-state index in [1.165, 1.54) is 4.90 Å². The lowest BCUT2D eigenvalue weighted by Gasteiger charge is -2.32. The van der Waals surface area contributed by atoms with Gasteiger partial charge < -0.3 is 16.0 Å². The topological polar surface area (TPSA) is 75.4 Å². The molecule has 0 bridgehead atoms. The lowest BCUT2D eigenvalue weighted by Crippen LogP contribution is -2.46. The highest BCUT2D eigenvalue weighted by Crippen LogP contribution is 2.23. The van der Waals surface area contributed by atoms with Crippen molar-refractivity contribution in [3.8, 4) is 0 Å². The van der Waals surface area contributed by atoms with Gasteiger partial charge in [0.15, 0.2) is 0 Å². The second-order valence-corrected chi connectivity index (χ2v) is 4.87. The lowest BCUT2D eigenvalue weighted by atomic mass is 9.96. The van der Waals surface area contributed by atoms with E-state index in [1.807, 2.05) is 0 Å². The van der Waals surface area contributed by atoms with E-state index in [0.29, 0.717) is 32.5 Å². The number of nitrogens with zero attached hydrogens (tertiary/aromatic N) is 1. The van der Waals surface area contributed by atoms with Gasteiger partial charge in [0.05, 0.1) is 12.3 Å². The van der Waals surface area contributed by atoms with Gasteiger partial charge in [-0.15, -0.1) is 0 Å². The third-order valence-corrected chi connectivity index (χ3v) is 3.21. The number of hydrogen-bond donors (Lipinski definition) is 2. The van der Waals surface area contributed by atoms with Gasteiger partial charge >= 0.3 is 6.18 Å². The molecule has 116 valence electrons. The first-order valence-electron chi connectivity index (χ1n) is 6.66. The number of alkyl halides is 3. The Morgan fingerprint density at radius 3 is 2.65 bits per heavy atom. The standard InChI is InChI=1S/C12H20F3N3O2/c13-12(14,15)4-3-10(19)18-7-1-2-9(8-18)11(20)17-6-5-16/h9H,1-8,16H2,(H,17,20). The molecule has 0 aromatic carbocycles. The molecule has 0 spiro atoms. The number of likely N-dealkylation sites (tertiary alicyclic amines) is 1. The maximum atomic E-state index is 12.1. The first-order chi connectivity index (χ1) is 9.33.